The van der Waals surface area contributed by atoms with E-state index >= 15 is 0 Å². The summed E-state index contributed by atoms with van der Waals surface area (Å²) in [4.78, 5) is 21.9. The van der Waals surface area contributed by atoms with Gasteiger partial charge in [0.05, 0.1) is 44.5 Å². The molecule has 0 saturated carbocycles. The Balaban J connectivity index is 0.000000132. The molecule has 6 heterocycles. The van der Waals surface area contributed by atoms with Crippen LogP contribution in [0.2, 0.25) is 0 Å². The Kier molecular flexibility index (Phi) is 14.0. The van der Waals surface area contributed by atoms with Crippen LogP contribution in [-0.4, -0.2) is 29.1 Å². The molecular weight excluding hydrogens is 1390 g/mol. The number of rotatable bonds is 7. The lowest BCUT2D eigenvalue weighted by Crippen LogP contribution is -2.03. The topological polar surface area (TPSA) is 87.7 Å². The van der Waals surface area contributed by atoms with Gasteiger partial charge in [0.1, 0.15) is 22.3 Å². The third-order valence-corrected chi connectivity index (χ3v) is 23.5. The van der Waals surface area contributed by atoms with Gasteiger partial charge in [-0.2, -0.15) is 0 Å². The Morgan fingerprint density at radius 2 is 0.535 bits per heavy atom. The van der Waals surface area contributed by atoms with Gasteiger partial charge in [-0.1, -0.05) is 279 Å². The van der Waals surface area contributed by atoms with Gasteiger partial charge in [-0.25, -0.2) is 19.9 Å². The predicted octanol–water partition coefficient (Wildman–Crippen LogP) is 28.5. The van der Waals surface area contributed by atoms with Crippen LogP contribution in [0.4, 0.5) is 0 Å². The van der Waals surface area contributed by atoms with Gasteiger partial charge in [-0.05, 0) is 195 Å². The zero-order valence-electron chi connectivity index (χ0n) is 61.3. The van der Waals surface area contributed by atoms with Crippen LogP contribution in [0, 0.1) is 0 Å². The van der Waals surface area contributed by atoms with Crippen LogP contribution in [0.25, 0.3) is 242 Å². The maximum atomic E-state index is 6.92. The molecule has 6 aromatic heterocycles. The molecule has 0 saturated heterocycles. The molecule has 0 aliphatic carbocycles. The molecule has 0 unspecified atom stereocenters. The van der Waals surface area contributed by atoms with Gasteiger partial charge in [-0.15, -0.1) is 0 Å². The Labute approximate surface area is 651 Å². The van der Waals surface area contributed by atoms with Crippen molar-refractivity contribution in [3.8, 4) is 67.8 Å². The summed E-state index contributed by atoms with van der Waals surface area (Å²) in [7, 11) is 0. The molecule has 8 nitrogen and oxygen atoms in total. The zero-order chi connectivity index (χ0) is 74.6. The summed E-state index contributed by atoms with van der Waals surface area (Å²) < 4.78 is 18.3. The van der Waals surface area contributed by atoms with Crippen molar-refractivity contribution in [2.75, 3.05) is 0 Å². The summed E-state index contributed by atoms with van der Waals surface area (Å²) in [5.74, 6) is 1.23. The molecule has 25 rings (SSSR count). The minimum Gasteiger partial charge on any atom is -0.455 e. The van der Waals surface area contributed by atoms with Crippen LogP contribution in [0.15, 0.2) is 385 Å². The lowest BCUT2D eigenvalue weighted by Gasteiger charge is -2.13. The van der Waals surface area contributed by atoms with Gasteiger partial charge in [0, 0.05) is 65.0 Å². The number of benzene rings is 19. The van der Waals surface area contributed by atoms with Crippen LogP contribution in [0.3, 0.4) is 0 Å². The van der Waals surface area contributed by atoms with E-state index in [1.54, 1.807) is 0 Å². The Morgan fingerprint density at radius 3 is 1.02 bits per heavy atom. The molecule has 0 bridgehead atoms. The number of nitrogens with zero attached hydrogens (tertiary/aromatic N) is 6. The Morgan fingerprint density at radius 1 is 0.193 bits per heavy atom. The molecule has 0 radical (unpaired) electrons. The molecule has 0 amide bonds. The first kappa shape index (κ1) is 63.5. The molecule has 0 aliphatic rings. The fraction of sp³-hybridized carbons (Fsp3) is 0. The summed E-state index contributed by atoms with van der Waals surface area (Å²) >= 11 is 0. The van der Waals surface area contributed by atoms with E-state index in [1.165, 1.54) is 75.6 Å². The lowest BCUT2D eigenvalue weighted by atomic mass is 9.96. The normalized spacial score (nSPS) is 12.0. The monoisotopic (exact) mass is 1450 g/mol. The fourth-order valence-electron chi connectivity index (χ4n) is 18.1. The third kappa shape index (κ3) is 9.97. The molecule has 0 spiro atoms. The Hall–Kier alpha value is -15.4. The minimum absolute atomic E-state index is 0.609. The molecule has 25 aromatic rings. The quantitative estimate of drug-likeness (QED) is 0.158. The fourth-order valence-corrected chi connectivity index (χ4v) is 18.1. The van der Waals surface area contributed by atoms with E-state index in [0.29, 0.717) is 11.9 Å². The van der Waals surface area contributed by atoms with Crippen molar-refractivity contribution in [3.05, 3.63) is 376 Å². The van der Waals surface area contributed by atoms with Crippen LogP contribution in [0.5, 0.6) is 0 Å². The van der Waals surface area contributed by atoms with Gasteiger partial charge in [0.2, 0.25) is 11.9 Å². The number of para-hydroxylation sites is 2. The van der Waals surface area contributed by atoms with E-state index in [9.17, 15) is 0 Å². The first-order valence-corrected chi connectivity index (χ1v) is 38.7. The summed E-state index contributed by atoms with van der Waals surface area (Å²) in [5.41, 5.74) is 19.6. The molecule has 0 aliphatic heterocycles. The van der Waals surface area contributed by atoms with Crippen molar-refractivity contribution >= 4 is 174 Å². The molecule has 19 aromatic carbocycles. The van der Waals surface area contributed by atoms with Crippen molar-refractivity contribution in [1.82, 2.24) is 29.1 Å². The van der Waals surface area contributed by atoms with E-state index in [2.05, 4.69) is 385 Å². The maximum Gasteiger partial charge on any atom is 0.235 e. The van der Waals surface area contributed by atoms with E-state index in [0.717, 1.165) is 154 Å². The molecule has 0 N–H and O–H groups in total. The first-order valence-electron chi connectivity index (χ1n) is 38.7. The molecule has 0 atom stereocenters. The standard InChI is InChI=1S/C56H33N3O.C50H29N3O/c1-2-12-34(13-3-1)42-31-46-45-29-38-17-6-7-18-39(38)33-52(45)60-55(46)48(32-42)54-44-20-10-11-21-49(44)57-56(58-54)59-50-26-25-41(40-23-22-35-14-4-5-16-37(35)28-40)30-47(50)53-43-19-9-8-15-36(43)24-27-51(53)59;1-2-12-30(13-3-1)35-27-40-39-26-33-16-4-5-17-34(33)29-45(39)54-49(40)41(28-35)48-38-20-10-11-21-42(38)51-50(52-48)53-43-24-22-31-14-6-8-18-36(31)46(43)47-37-19-9-7-15-32(37)23-25-44(47)53/h1-33H;1-29H. The average molecular weight is 1450 g/mol. The Bertz CT molecular complexity index is 8290. The lowest BCUT2D eigenvalue weighted by molar-refractivity contribution is 0.670. The predicted molar refractivity (Wildman–Crippen MR) is 475 cm³/mol. The number of fused-ring (bicyclic) bond motifs is 23. The average Bonchev–Trinajstić information content (AvgIpc) is 1.56. The van der Waals surface area contributed by atoms with Crippen molar-refractivity contribution in [2.24, 2.45) is 0 Å². The van der Waals surface area contributed by atoms with Crippen LogP contribution in [0.1, 0.15) is 0 Å². The van der Waals surface area contributed by atoms with Gasteiger partial charge in [-0.3, -0.25) is 9.13 Å². The second kappa shape index (κ2) is 25.1. The van der Waals surface area contributed by atoms with Gasteiger partial charge in [0.25, 0.3) is 0 Å². The minimum atomic E-state index is 0.609. The van der Waals surface area contributed by atoms with E-state index in [-0.39, 0.29) is 0 Å². The molecule has 8 heteroatoms. The largest absolute Gasteiger partial charge is 0.455 e. The van der Waals surface area contributed by atoms with Crippen molar-refractivity contribution in [1.29, 1.82) is 0 Å². The van der Waals surface area contributed by atoms with Crippen LogP contribution in [-0.2, 0) is 0 Å². The highest BCUT2D eigenvalue weighted by atomic mass is 16.3. The van der Waals surface area contributed by atoms with Crippen molar-refractivity contribution in [2.45, 2.75) is 0 Å². The molecule has 528 valence electrons. The van der Waals surface area contributed by atoms with Crippen molar-refractivity contribution < 1.29 is 8.83 Å². The van der Waals surface area contributed by atoms with E-state index in [4.69, 9.17) is 28.8 Å². The van der Waals surface area contributed by atoms with Gasteiger partial charge >= 0.3 is 0 Å². The SMILES string of the molecule is c1ccc(-c2cc(-c3nc(-n4c5ccc(-c6ccc7ccccc7c6)cc5c5c6ccccc6ccc54)nc4ccccc34)c3oc4cc5ccccc5cc4c3c2)cc1.c1ccc(-c2cc(-c3nc(-n4c5ccc6ccccc6c5c5c6ccccc6ccc54)nc4ccccc34)c3oc4cc5ccccc5cc4c3c2)cc1. The van der Waals surface area contributed by atoms with Gasteiger partial charge in [0.15, 0.2) is 0 Å². The number of aromatic nitrogens is 6. The van der Waals surface area contributed by atoms with E-state index < -0.39 is 0 Å². The summed E-state index contributed by atoms with van der Waals surface area (Å²) in [5, 5.41) is 25.3. The summed E-state index contributed by atoms with van der Waals surface area (Å²) in [6.45, 7) is 0. The molecule has 114 heavy (non-hydrogen) atoms. The highest BCUT2D eigenvalue weighted by molar-refractivity contribution is 6.29. The van der Waals surface area contributed by atoms with Crippen molar-refractivity contribution in [3.63, 3.8) is 0 Å². The van der Waals surface area contributed by atoms with Crippen LogP contribution < -0.4 is 0 Å². The highest BCUT2D eigenvalue weighted by Gasteiger charge is 2.27. The second-order valence-corrected chi connectivity index (χ2v) is 29.9. The number of furan rings is 2. The highest BCUT2D eigenvalue weighted by Crippen LogP contribution is 2.48. The second-order valence-electron chi connectivity index (χ2n) is 29.9. The smallest absolute Gasteiger partial charge is 0.235 e. The number of hydrogen-bond acceptors (Lipinski definition) is 6. The molecular formula is C106H62N6O2. The summed E-state index contributed by atoms with van der Waals surface area (Å²) in [6, 6.07) is 134. The van der Waals surface area contributed by atoms with Crippen LogP contribution >= 0.6 is 0 Å². The third-order valence-electron chi connectivity index (χ3n) is 23.5. The first-order chi connectivity index (χ1) is 56.5. The van der Waals surface area contributed by atoms with Gasteiger partial charge < -0.3 is 8.83 Å². The summed E-state index contributed by atoms with van der Waals surface area (Å²) in [6.07, 6.45) is 0. The molecule has 0 fully saturated rings. The number of hydrogen-bond donors (Lipinski definition) is 0. The maximum absolute atomic E-state index is 6.92. The van der Waals surface area contributed by atoms with E-state index in [1.807, 2.05) is 0 Å². The zero-order valence-corrected chi connectivity index (χ0v) is 61.3.